The minimum absolute atomic E-state index is 0.0755. The van der Waals surface area contributed by atoms with E-state index in [0.717, 1.165) is 12.8 Å². The Labute approximate surface area is 112 Å². The molecular formula is C14H18N2O3. The summed E-state index contributed by atoms with van der Waals surface area (Å²) >= 11 is 0. The van der Waals surface area contributed by atoms with Crippen molar-refractivity contribution in [3.63, 3.8) is 0 Å². The van der Waals surface area contributed by atoms with Crippen LogP contribution >= 0.6 is 0 Å². The largest absolute Gasteiger partial charge is 0.396 e. The zero-order valence-corrected chi connectivity index (χ0v) is 11.0. The number of aliphatic hydroxyl groups is 1. The van der Waals surface area contributed by atoms with Gasteiger partial charge in [-0.3, -0.25) is 19.5 Å². The Balaban J connectivity index is 2.15. The van der Waals surface area contributed by atoms with Gasteiger partial charge in [0.2, 0.25) is 0 Å². The van der Waals surface area contributed by atoms with E-state index in [4.69, 9.17) is 5.11 Å². The maximum atomic E-state index is 12.2. The van der Waals surface area contributed by atoms with Gasteiger partial charge < -0.3 is 5.11 Å². The summed E-state index contributed by atoms with van der Waals surface area (Å²) in [5, 5.41) is 9.04. The molecule has 0 bridgehead atoms. The number of imide groups is 1. The Morgan fingerprint density at radius 2 is 2.11 bits per heavy atom. The van der Waals surface area contributed by atoms with E-state index in [1.54, 1.807) is 12.1 Å². The predicted molar refractivity (Wildman–Crippen MR) is 69.7 cm³/mol. The first kappa shape index (κ1) is 13.7. The number of carbonyl (C=O) groups excluding carboxylic acids is 2. The van der Waals surface area contributed by atoms with Crippen LogP contribution in [0.15, 0.2) is 18.3 Å². The summed E-state index contributed by atoms with van der Waals surface area (Å²) in [7, 11) is 0. The maximum absolute atomic E-state index is 12.2. The van der Waals surface area contributed by atoms with Gasteiger partial charge in [-0.2, -0.15) is 0 Å². The number of hydrogen-bond acceptors (Lipinski definition) is 4. The molecule has 19 heavy (non-hydrogen) atoms. The zero-order valence-electron chi connectivity index (χ0n) is 11.0. The Bertz CT molecular complexity index is 446. The monoisotopic (exact) mass is 262 g/mol. The molecule has 1 aromatic rings. The summed E-state index contributed by atoms with van der Waals surface area (Å²) in [4.78, 5) is 29.5. The number of amides is 2. The normalized spacial score (nSPS) is 15.8. The molecule has 102 valence electrons. The third-order valence-electron chi connectivity index (χ3n) is 3.41. The fraction of sp³-hybridized carbons (Fsp3) is 0.500. The Morgan fingerprint density at radius 1 is 1.32 bits per heavy atom. The van der Waals surface area contributed by atoms with E-state index < -0.39 is 0 Å². The lowest BCUT2D eigenvalue weighted by atomic mass is 9.99. The quantitative estimate of drug-likeness (QED) is 0.788. The highest BCUT2D eigenvalue weighted by Gasteiger charge is 2.37. The van der Waals surface area contributed by atoms with Crippen molar-refractivity contribution in [1.29, 1.82) is 0 Å². The van der Waals surface area contributed by atoms with Gasteiger partial charge in [0.25, 0.3) is 11.8 Å². The molecule has 0 saturated carbocycles. The second-order valence-corrected chi connectivity index (χ2v) is 4.79. The summed E-state index contributed by atoms with van der Waals surface area (Å²) in [5.41, 5.74) is 0.624. The number of aromatic nitrogens is 1. The van der Waals surface area contributed by atoms with Crippen LogP contribution < -0.4 is 0 Å². The van der Waals surface area contributed by atoms with Crippen molar-refractivity contribution in [3.8, 4) is 0 Å². The van der Waals surface area contributed by atoms with Gasteiger partial charge >= 0.3 is 0 Å². The summed E-state index contributed by atoms with van der Waals surface area (Å²) < 4.78 is 0. The molecule has 1 aliphatic heterocycles. The fourth-order valence-corrected chi connectivity index (χ4v) is 2.46. The van der Waals surface area contributed by atoms with Gasteiger partial charge in [-0.1, -0.05) is 13.3 Å². The van der Waals surface area contributed by atoms with Crippen LogP contribution in [0.1, 0.15) is 47.0 Å². The summed E-state index contributed by atoms with van der Waals surface area (Å²) in [6.07, 6.45) is 3.98. The van der Waals surface area contributed by atoms with E-state index in [1.807, 2.05) is 6.92 Å². The first-order valence-electron chi connectivity index (χ1n) is 6.61. The van der Waals surface area contributed by atoms with Gasteiger partial charge in [0.05, 0.1) is 5.56 Å². The lowest BCUT2D eigenvalue weighted by Gasteiger charge is -2.21. The van der Waals surface area contributed by atoms with Crippen molar-refractivity contribution in [2.75, 3.05) is 13.2 Å². The highest BCUT2D eigenvalue weighted by atomic mass is 16.3. The Kier molecular flexibility index (Phi) is 4.27. The van der Waals surface area contributed by atoms with Crippen LogP contribution in [0.2, 0.25) is 0 Å². The molecule has 0 saturated heterocycles. The predicted octanol–water partition coefficient (Wildman–Crippen LogP) is 1.48. The molecule has 0 radical (unpaired) electrons. The highest BCUT2D eigenvalue weighted by Crippen LogP contribution is 2.23. The molecule has 2 amide bonds. The van der Waals surface area contributed by atoms with E-state index in [9.17, 15) is 9.59 Å². The van der Waals surface area contributed by atoms with Gasteiger partial charge in [-0.25, -0.2) is 0 Å². The van der Waals surface area contributed by atoms with Crippen molar-refractivity contribution in [2.24, 2.45) is 5.92 Å². The number of nitrogens with zero attached hydrogens (tertiary/aromatic N) is 2. The lowest BCUT2D eigenvalue weighted by molar-refractivity contribution is 0.0614. The van der Waals surface area contributed by atoms with Crippen molar-refractivity contribution >= 4 is 11.8 Å². The molecule has 0 aliphatic carbocycles. The summed E-state index contributed by atoms with van der Waals surface area (Å²) in [6.45, 7) is 2.49. The van der Waals surface area contributed by atoms with Crippen LogP contribution in [0.3, 0.4) is 0 Å². The molecule has 5 heteroatoms. The van der Waals surface area contributed by atoms with Gasteiger partial charge in [0, 0.05) is 19.3 Å². The average Bonchev–Trinajstić information content (AvgIpc) is 2.65. The number of fused-ring (bicyclic) bond motifs is 1. The molecule has 1 aromatic heterocycles. The third kappa shape index (κ3) is 2.66. The minimum Gasteiger partial charge on any atom is -0.396 e. The summed E-state index contributed by atoms with van der Waals surface area (Å²) in [6, 6.07) is 3.29. The fourth-order valence-electron chi connectivity index (χ4n) is 2.46. The van der Waals surface area contributed by atoms with Gasteiger partial charge in [-0.15, -0.1) is 0 Å². The number of hydrogen-bond donors (Lipinski definition) is 1. The molecule has 2 heterocycles. The van der Waals surface area contributed by atoms with E-state index >= 15 is 0 Å². The standard InChI is InChI=1S/C14H18N2O3/c1-2-4-10(6-8-17)9-16-13(18)11-5-3-7-15-12(11)14(16)19/h3,5,7,10,17H,2,4,6,8-9H2,1H3. The smallest absolute Gasteiger partial charge is 0.280 e. The number of pyridine rings is 1. The molecule has 1 unspecified atom stereocenters. The van der Waals surface area contributed by atoms with Gasteiger partial charge in [-0.05, 0) is 30.9 Å². The molecule has 1 aliphatic rings. The number of carbonyl (C=O) groups is 2. The molecule has 2 rings (SSSR count). The molecule has 1 N–H and O–H groups in total. The van der Waals surface area contributed by atoms with Crippen LogP contribution in [0.5, 0.6) is 0 Å². The Morgan fingerprint density at radius 3 is 2.74 bits per heavy atom. The van der Waals surface area contributed by atoms with E-state index in [1.165, 1.54) is 11.1 Å². The van der Waals surface area contributed by atoms with Crippen molar-refractivity contribution < 1.29 is 14.7 Å². The van der Waals surface area contributed by atoms with Crippen molar-refractivity contribution in [3.05, 3.63) is 29.6 Å². The van der Waals surface area contributed by atoms with E-state index in [0.29, 0.717) is 18.5 Å². The first-order chi connectivity index (χ1) is 9.19. The SMILES string of the molecule is CCCC(CCO)CN1C(=O)c2cccnc2C1=O. The first-order valence-corrected chi connectivity index (χ1v) is 6.61. The second kappa shape index (κ2) is 5.93. The van der Waals surface area contributed by atoms with Gasteiger partial charge in [0.1, 0.15) is 5.69 Å². The van der Waals surface area contributed by atoms with Crippen LogP contribution in [-0.4, -0.2) is 40.0 Å². The van der Waals surface area contributed by atoms with E-state index in [2.05, 4.69) is 4.98 Å². The van der Waals surface area contributed by atoms with Crippen LogP contribution in [0.25, 0.3) is 0 Å². The van der Waals surface area contributed by atoms with Gasteiger partial charge in [0.15, 0.2) is 0 Å². The van der Waals surface area contributed by atoms with Crippen molar-refractivity contribution in [1.82, 2.24) is 9.88 Å². The molecule has 0 aromatic carbocycles. The maximum Gasteiger partial charge on any atom is 0.280 e. The molecule has 1 atom stereocenters. The number of rotatable bonds is 6. The van der Waals surface area contributed by atoms with E-state index in [-0.39, 0.29) is 30.0 Å². The zero-order chi connectivity index (χ0) is 13.8. The lowest BCUT2D eigenvalue weighted by Crippen LogP contribution is -2.35. The van der Waals surface area contributed by atoms with Crippen LogP contribution in [-0.2, 0) is 0 Å². The highest BCUT2D eigenvalue weighted by molar-refractivity contribution is 6.20. The molecule has 5 nitrogen and oxygen atoms in total. The van der Waals surface area contributed by atoms with Crippen LogP contribution in [0.4, 0.5) is 0 Å². The molecule has 0 spiro atoms. The Hall–Kier alpha value is -1.75. The topological polar surface area (TPSA) is 70.5 Å². The summed E-state index contributed by atoms with van der Waals surface area (Å²) in [5.74, 6) is -0.441. The second-order valence-electron chi connectivity index (χ2n) is 4.79. The number of aliphatic hydroxyl groups excluding tert-OH is 1. The molecule has 0 fully saturated rings. The minimum atomic E-state index is -0.320. The van der Waals surface area contributed by atoms with Crippen molar-refractivity contribution in [2.45, 2.75) is 26.2 Å². The third-order valence-corrected chi connectivity index (χ3v) is 3.41. The average molecular weight is 262 g/mol. The van der Waals surface area contributed by atoms with Crippen LogP contribution in [0, 0.1) is 5.92 Å². The molecular weight excluding hydrogens is 244 g/mol.